The summed E-state index contributed by atoms with van der Waals surface area (Å²) in [5, 5.41) is 2.99. The highest BCUT2D eigenvalue weighted by Crippen LogP contribution is 2.30. The maximum absolute atomic E-state index is 13.7. The Morgan fingerprint density at radius 1 is 0.923 bits per heavy atom. The van der Waals surface area contributed by atoms with Crippen molar-refractivity contribution in [3.8, 4) is 0 Å². The molecule has 3 aromatic rings. The molecule has 7 nitrogen and oxygen atoms in total. The van der Waals surface area contributed by atoms with Crippen molar-refractivity contribution in [3.05, 3.63) is 95.3 Å². The Balaban J connectivity index is 1.34. The second kappa shape index (κ2) is 11.7. The quantitative estimate of drug-likeness (QED) is 0.478. The van der Waals surface area contributed by atoms with Gasteiger partial charge in [0.2, 0.25) is 5.91 Å². The lowest BCUT2D eigenvalue weighted by atomic mass is 9.85. The lowest BCUT2D eigenvalue weighted by molar-refractivity contribution is -0.122. The molecule has 8 heteroatoms. The van der Waals surface area contributed by atoms with E-state index in [9.17, 15) is 18.8 Å². The Labute approximate surface area is 228 Å². The van der Waals surface area contributed by atoms with Gasteiger partial charge in [-0.2, -0.15) is 0 Å². The molecule has 0 unspecified atom stereocenters. The molecule has 2 fully saturated rings. The number of amides is 3. The smallest absolute Gasteiger partial charge is 0.256 e. The first-order valence-corrected chi connectivity index (χ1v) is 13.4. The summed E-state index contributed by atoms with van der Waals surface area (Å²) in [6.45, 7) is 2.40. The van der Waals surface area contributed by atoms with E-state index in [4.69, 9.17) is 0 Å². The molecule has 0 spiro atoms. The normalized spacial score (nSPS) is 15.4. The Kier molecular flexibility index (Phi) is 7.91. The van der Waals surface area contributed by atoms with Gasteiger partial charge in [-0.1, -0.05) is 42.8 Å². The zero-order valence-corrected chi connectivity index (χ0v) is 22.1. The van der Waals surface area contributed by atoms with E-state index in [0.29, 0.717) is 49.5 Å². The first kappa shape index (κ1) is 26.4. The molecular weight excluding hydrogens is 495 g/mol. The molecule has 1 heterocycles. The Hall–Kier alpha value is -4.20. The number of hydrogen-bond donors (Lipinski definition) is 1. The van der Waals surface area contributed by atoms with Crippen molar-refractivity contribution in [1.29, 1.82) is 0 Å². The molecule has 0 aromatic heterocycles. The van der Waals surface area contributed by atoms with Gasteiger partial charge in [-0.05, 0) is 54.8 Å². The SMILES string of the molecule is CN(Cc1ccccc1)C(=O)c1cc(NC(=O)C2CCC2)ccc1N1CCN(C(=O)c2cccc(F)c2)CC1. The topological polar surface area (TPSA) is 73.0 Å². The molecule has 1 saturated heterocycles. The van der Waals surface area contributed by atoms with E-state index < -0.39 is 5.82 Å². The minimum atomic E-state index is -0.438. The number of carbonyl (C=O) groups excluding carboxylic acids is 3. The van der Waals surface area contributed by atoms with Gasteiger partial charge >= 0.3 is 0 Å². The minimum Gasteiger partial charge on any atom is -0.367 e. The van der Waals surface area contributed by atoms with Gasteiger partial charge in [0, 0.05) is 62.6 Å². The number of nitrogens with zero attached hydrogens (tertiary/aromatic N) is 3. The highest BCUT2D eigenvalue weighted by atomic mass is 19.1. The summed E-state index contributed by atoms with van der Waals surface area (Å²) in [7, 11) is 1.77. The van der Waals surface area contributed by atoms with E-state index in [-0.39, 0.29) is 23.6 Å². The monoisotopic (exact) mass is 528 g/mol. The van der Waals surface area contributed by atoms with Crippen LogP contribution >= 0.6 is 0 Å². The van der Waals surface area contributed by atoms with Crippen molar-refractivity contribution in [2.75, 3.05) is 43.4 Å². The van der Waals surface area contributed by atoms with E-state index >= 15 is 0 Å². The van der Waals surface area contributed by atoms with Crippen LogP contribution in [0.5, 0.6) is 0 Å². The zero-order valence-electron chi connectivity index (χ0n) is 22.1. The maximum atomic E-state index is 13.7. The molecule has 1 aliphatic heterocycles. The Bertz CT molecular complexity index is 1350. The molecule has 2 aliphatic rings. The molecule has 3 aromatic carbocycles. The molecular formula is C31H33FN4O3. The standard InChI is InChI=1S/C31H33FN4O3/c1-34(21-22-7-3-2-4-8-22)31(39)27-20-26(33-29(37)23-9-5-10-23)13-14-28(27)35-15-17-36(18-16-35)30(38)24-11-6-12-25(32)19-24/h2-4,6-8,11-14,19-20,23H,5,9-10,15-18,21H2,1H3,(H,33,37). The highest BCUT2D eigenvalue weighted by Gasteiger charge is 2.28. The van der Waals surface area contributed by atoms with Gasteiger partial charge in [-0.15, -0.1) is 0 Å². The van der Waals surface area contributed by atoms with E-state index in [0.717, 1.165) is 30.5 Å². The van der Waals surface area contributed by atoms with Crippen LogP contribution in [0.3, 0.4) is 0 Å². The maximum Gasteiger partial charge on any atom is 0.256 e. The summed E-state index contributed by atoms with van der Waals surface area (Å²) in [5.74, 6) is -0.761. The summed E-state index contributed by atoms with van der Waals surface area (Å²) in [4.78, 5) is 44.7. The van der Waals surface area contributed by atoms with Gasteiger partial charge < -0.3 is 20.0 Å². The van der Waals surface area contributed by atoms with E-state index in [1.54, 1.807) is 29.0 Å². The van der Waals surface area contributed by atoms with Crippen LogP contribution in [-0.4, -0.2) is 60.7 Å². The number of carbonyl (C=O) groups is 3. The van der Waals surface area contributed by atoms with Crippen LogP contribution in [0.1, 0.15) is 45.5 Å². The van der Waals surface area contributed by atoms with E-state index in [1.807, 2.05) is 42.5 Å². The summed E-state index contributed by atoms with van der Waals surface area (Å²) in [5.41, 5.74) is 3.22. The lowest BCUT2D eigenvalue weighted by Gasteiger charge is -2.37. The molecule has 0 atom stereocenters. The molecule has 1 saturated carbocycles. The average molecular weight is 529 g/mol. The van der Waals surface area contributed by atoms with Gasteiger partial charge in [-0.3, -0.25) is 14.4 Å². The molecule has 0 radical (unpaired) electrons. The number of hydrogen-bond acceptors (Lipinski definition) is 4. The fourth-order valence-electron chi connectivity index (χ4n) is 5.06. The second-order valence-electron chi connectivity index (χ2n) is 10.3. The number of piperazine rings is 1. The van der Waals surface area contributed by atoms with Crippen LogP contribution in [0.4, 0.5) is 15.8 Å². The largest absolute Gasteiger partial charge is 0.367 e. The third-order valence-corrected chi connectivity index (χ3v) is 7.56. The van der Waals surface area contributed by atoms with E-state index in [1.165, 1.54) is 18.2 Å². The fraction of sp³-hybridized carbons (Fsp3) is 0.323. The molecule has 5 rings (SSSR count). The van der Waals surface area contributed by atoms with Crippen LogP contribution in [0, 0.1) is 11.7 Å². The van der Waals surface area contributed by atoms with E-state index in [2.05, 4.69) is 10.2 Å². The summed E-state index contributed by atoms with van der Waals surface area (Å²) in [6.07, 6.45) is 2.86. The van der Waals surface area contributed by atoms with Crippen molar-refractivity contribution in [1.82, 2.24) is 9.80 Å². The second-order valence-corrected chi connectivity index (χ2v) is 10.3. The average Bonchev–Trinajstić information content (AvgIpc) is 2.92. The fourth-order valence-corrected chi connectivity index (χ4v) is 5.06. The number of nitrogens with one attached hydrogen (secondary N) is 1. The number of anilines is 2. The molecule has 0 bridgehead atoms. The van der Waals surface area contributed by atoms with Gasteiger partial charge in [-0.25, -0.2) is 4.39 Å². The van der Waals surface area contributed by atoms with Crippen molar-refractivity contribution in [2.45, 2.75) is 25.8 Å². The van der Waals surface area contributed by atoms with Gasteiger partial charge in [0.15, 0.2) is 0 Å². The molecule has 1 N–H and O–H groups in total. The number of rotatable bonds is 7. The predicted octanol–water partition coefficient (Wildman–Crippen LogP) is 4.80. The molecule has 1 aliphatic carbocycles. The van der Waals surface area contributed by atoms with Crippen molar-refractivity contribution in [2.24, 2.45) is 5.92 Å². The summed E-state index contributed by atoms with van der Waals surface area (Å²) >= 11 is 0. The number of benzene rings is 3. The first-order valence-electron chi connectivity index (χ1n) is 13.4. The third-order valence-electron chi connectivity index (χ3n) is 7.56. The van der Waals surface area contributed by atoms with Crippen LogP contribution in [0.2, 0.25) is 0 Å². The Morgan fingerprint density at radius 3 is 2.33 bits per heavy atom. The van der Waals surface area contributed by atoms with Crippen molar-refractivity contribution in [3.63, 3.8) is 0 Å². The summed E-state index contributed by atoms with van der Waals surface area (Å²) < 4.78 is 13.6. The highest BCUT2D eigenvalue weighted by molar-refractivity contribution is 6.02. The minimum absolute atomic E-state index is 0.00508. The zero-order chi connectivity index (χ0) is 27.4. The molecule has 39 heavy (non-hydrogen) atoms. The van der Waals surface area contributed by atoms with Gasteiger partial charge in [0.1, 0.15) is 5.82 Å². The molecule has 202 valence electrons. The van der Waals surface area contributed by atoms with Crippen LogP contribution in [0.15, 0.2) is 72.8 Å². The Morgan fingerprint density at radius 2 is 1.67 bits per heavy atom. The van der Waals surface area contributed by atoms with Crippen LogP contribution in [-0.2, 0) is 11.3 Å². The predicted molar refractivity (Wildman–Crippen MR) is 149 cm³/mol. The van der Waals surface area contributed by atoms with Crippen LogP contribution < -0.4 is 10.2 Å². The van der Waals surface area contributed by atoms with Crippen molar-refractivity contribution < 1.29 is 18.8 Å². The van der Waals surface area contributed by atoms with Crippen molar-refractivity contribution >= 4 is 29.1 Å². The van der Waals surface area contributed by atoms with Crippen LogP contribution in [0.25, 0.3) is 0 Å². The third kappa shape index (κ3) is 6.11. The summed E-state index contributed by atoms with van der Waals surface area (Å²) in [6, 6.07) is 21.0. The van der Waals surface area contributed by atoms with Gasteiger partial charge in [0.25, 0.3) is 11.8 Å². The first-order chi connectivity index (χ1) is 18.9. The van der Waals surface area contributed by atoms with Gasteiger partial charge in [0.05, 0.1) is 5.56 Å². The lowest BCUT2D eigenvalue weighted by Crippen LogP contribution is -2.49. The number of halogens is 1. The molecule has 3 amide bonds.